The van der Waals surface area contributed by atoms with Crippen molar-refractivity contribution < 1.29 is 0 Å². The predicted octanol–water partition coefficient (Wildman–Crippen LogP) is 3.58. The number of aryl methyl sites for hydroxylation is 1. The first-order valence-electron chi connectivity index (χ1n) is 6.62. The monoisotopic (exact) mass is 310 g/mol. The molecule has 1 unspecified atom stereocenters. The number of rotatable bonds is 1. The fourth-order valence-corrected chi connectivity index (χ4v) is 2.64. The Bertz CT molecular complexity index is 423. The van der Waals surface area contributed by atoms with Crippen molar-refractivity contribution in [3.05, 3.63) is 28.2 Å². The van der Waals surface area contributed by atoms with E-state index in [9.17, 15) is 0 Å². The molecule has 1 fully saturated rings. The molecule has 1 saturated heterocycles. The van der Waals surface area contributed by atoms with Gasteiger partial charge in [0.05, 0.1) is 0 Å². The second-order valence-electron chi connectivity index (χ2n) is 6.25. The number of anilines is 1. The van der Waals surface area contributed by atoms with Gasteiger partial charge in [-0.3, -0.25) is 0 Å². The zero-order valence-electron chi connectivity index (χ0n) is 11.8. The van der Waals surface area contributed by atoms with Gasteiger partial charge in [-0.1, -0.05) is 36.7 Å². The Labute approximate surface area is 119 Å². The van der Waals surface area contributed by atoms with Crippen LogP contribution in [0.4, 0.5) is 5.69 Å². The molecule has 0 spiro atoms. The zero-order valence-corrected chi connectivity index (χ0v) is 13.3. The van der Waals surface area contributed by atoms with Gasteiger partial charge >= 0.3 is 0 Å². The maximum atomic E-state index is 3.63. The highest BCUT2D eigenvalue weighted by Gasteiger charge is 2.29. The van der Waals surface area contributed by atoms with Crippen LogP contribution in [0.2, 0.25) is 0 Å². The first-order valence-corrected chi connectivity index (χ1v) is 7.42. The quantitative estimate of drug-likeness (QED) is 0.853. The van der Waals surface area contributed by atoms with E-state index in [0.29, 0.717) is 11.5 Å². The van der Waals surface area contributed by atoms with E-state index >= 15 is 0 Å². The first-order chi connectivity index (χ1) is 8.38. The molecule has 0 bridgehead atoms. The van der Waals surface area contributed by atoms with Gasteiger partial charge in [0.1, 0.15) is 0 Å². The predicted molar refractivity (Wildman–Crippen MR) is 82.3 cm³/mol. The summed E-state index contributed by atoms with van der Waals surface area (Å²) in [5, 5.41) is 3.63. The van der Waals surface area contributed by atoms with Crippen LogP contribution in [0.1, 0.15) is 26.3 Å². The molecule has 1 aromatic rings. The van der Waals surface area contributed by atoms with Crippen LogP contribution in [0, 0.1) is 12.3 Å². The highest BCUT2D eigenvalue weighted by atomic mass is 79.9. The summed E-state index contributed by atoms with van der Waals surface area (Å²) in [6.07, 6.45) is 0. The Morgan fingerprint density at radius 3 is 2.67 bits per heavy atom. The molecule has 1 N–H and O–H groups in total. The Kier molecular flexibility index (Phi) is 4.02. The lowest BCUT2D eigenvalue weighted by molar-refractivity contribution is 0.254. The molecule has 1 aliphatic rings. The molecular weight excluding hydrogens is 288 g/mol. The molecule has 0 aliphatic carbocycles. The molecular formula is C15H23BrN2. The molecule has 0 aromatic heterocycles. The van der Waals surface area contributed by atoms with Crippen LogP contribution in [0.15, 0.2) is 22.7 Å². The van der Waals surface area contributed by atoms with Crippen molar-refractivity contribution >= 4 is 21.6 Å². The van der Waals surface area contributed by atoms with Crippen molar-refractivity contribution in [2.75, 3.05) is 24.5 Å². The van der Waals surface area contributed by atoms with Crippen molar-refractivity contribution in [3.63, 3.8) is 0 Å². The van der Waals surface area contributed by atoms with Crippen molar-refractivity contribution in [1.82, 2.24) is 5.32 Å². The summed E-state index contributed by atoms with van der Waals surface area (Å²) in [6.45, 7) is 12.3. The Morgan fingerprint density at radius 2 is 2.06 bits per heavy atom. The number of benzene rings is 1. The summed E-state index contributed by atoms with van der Waals surface area (Å²) >= 11 is 3.57. The summed E-state index contributed by atoms with van der Waals surface area (Å²) in [6, 6.07) is 7.19. The molecule has 2 rings (SSSR count). The number of hydrogen-bond donors (Lipinski definition) is 1. The van der Waals surface area contributed by atoms with E-state index in [4.69, 9.17) is 0 Å². The van der Waals surface area contributed by atoms with E-state index in [-0.39, 0.29) is 0 Å². The van der Waals surface area contributed by atoms with E-state index in [1.165, 1.54) is 15.7 Å². The maximum absolute atomic E-state index is 3.63. The smallest absolute Gasteiger partial charge is 0.0370 e. The van der Waals surface area contributed by atoms with Gasteiger partial charge in [-0.05, 0) is 36.1 Å². The zero-order chi connectivity index (χ0) is 13.3. The summed E-state index contributed by atoms with van der Waals surface area (Å²) < 4.78 is 1.19. The van der Waals surface area contributed by atoms with Gasteiger partial charge < -0.3 is 10.2 Å². The number of piperazine rings is 1. The van der Waals surface area contributed by atoms with E-state index in [0.717, 1.165) is 19.6 Å². The molecule has 1 aliphatic heterocycles. The minimum Gasteiger partial charge on any atom is -0.369 e. The van der Waals surface area contributed by atoms with Crippen molar-refractivity contribution in [2.24, 2.45) is 5.41 Å². The second kappa shape index (κ2) is 5.22. The van der Waals surface area contributed by atoms with Crippen LogP contribution in [0.5, 0.6) is 0 Å². The van der Waals surface area contributed by atoms with Gasteiger partial charge in [0.2, 0.25) is 0 Å². The van der Waals surface area contributed by atoms with Gasteiger partial charge in [0, 0.05) is 35.8 Å². The van der Waals surface area contributed by atoms with Crippen LogP contribution in [-0.2, 0) is 0 Å². The molecule has 1 atom stereocenters. The van der Waals surface area contributed by atoms with E-state index < -0.39 is 0 Å². The molecule has 1 heterocycles. The third kappa shape index (κ3) is 3.07. The summed E-state index contributed by atoms with van der Waals surface area (Å²) in [5.41, 5.74) is 2.95. The van der Waals surface area contributed by atoms with Gasteiger partial charge in [0.25, 0.3) is 0 Å². The number of nitrogens with zero attached hydrogens (tertiary/aromatic N) is 1. The lowest BCUT2D eigenvalue weighted by Crippen LogP contribution is -2.56. The van der Waals surface area contributed by atoms with E-state index in [1.54, 1.807) is 0 Å². The SMILES string of the molecule is Cc1cc(N2CCNC(C(C)(C)C)C2)ccc1Br. The Balaban J connectivity index is 2.15. The highest BCUT2D eigenvalue weighted by Crippen LogP contribution is 2.27. The molecule has 0 amide bonds. The van der Waals surface area contributed by atoms with Crippen LogP contribution in [-0.4, -0.2) is 25.7 Å². The van der Waals surface area contributed by atoms with Crippen LogP contribution < -0.4 is 10.2 Å². The minimum absolute atomic E-state index is 0.309. The third-order valence-electron chi connectivity index (χ3n) is 3.73. The highest BCUT2D eigenvalue weighted by molar-refractivity contribution is 9.10. The Morgan fingerprint density at radius 1 is 1.33 bits per heavy atom. The molecule has 100 valence electrons. The number of halogens is 1. The molecule has 0 radical (unpaired) electrons. The average Bonchev–Trinajstić information content (AvgIpc) is 2.32. The summed E-state index contributed by atoms with van der Waals surface area (Å²) in [5.74, 6) is 0. The number of hydrogen-bond acceptors (Lipinski definition) is 2. The fourth-order valence-electron chi connectivity index (χ4n) is 2.39. The normalized spacial score (nSPS) is 21.2. The average molecular weight is 311 g/mol. The van der Waals surface area contributed by atoms with Crippen LogP contribution >= 0.6 is 15.9 Å². The summed E-state index contributed by atoms with van der Waals surface area (Å²) in [4.78, 5) is 2.49. The summed E-state index contributed by atoms with van der Waals surface area (Å²) in [7, 11) is 0. The van der Waals surface area contributed by atoms with Crippen molar-refractivity contribution in [1.29, 1.82) is 0 Å². The van der Waals surface area contributed by atoms with Crippen molar-refractivity contribution in [2.45, 2.75) is 33.7 Å². The fraction of sp³-hybridized carbons (Fsp3) is 0.600. The Hall–Kier alpha value is -0.540. The topological polar surface area (TPSA) is 15.3 Å². The maximum Gasteiger partial charge on any atom is 0.0370 e. The molecule has 1 aromatic carbocycles. The molecule has 18 heavy (non-hydrogen) atoms. The van der Waals surface area contributed by atoms with Crippen molar-refractivity contribution in [3.8, 4) is 0 Å². The lowest BCUT2D eigenvalue weighted by Gasteiger charge is -2.41. The van der Waals surface area contributed by atoms with Gasteiger partial charge in [-0.15, -0.1) is 0 Å². The van der Waals surface area contributed by atoms with Gasteiger partial charge in [0.15, 0.2) is 0 Å². The minimum atomic E-state index is 0.309. The second-order valence-corrected chi connectivity index (χ2v) is 7.11. The van der Waals surface area contributed by atoms with E-state index in [2.05, 4.69) is 72.0 Å². The standard InChI is InChI=1S/C15H23BrN2/c1-11-9-12(5-6-13(11)16)18-8-7-17-14(10-18)15(2,3)4/h5-6,9,14,17H,7-8,10H2,1-4H3. The van der Waals surface area contributed by atoms with Crippen LogP contribution in [0.3, 0.4) is 0 Å². The van der Waals surface area contributed by atoms with E-state index in [1.807, 2.05) is 0 Å². The molecule has 2 nitrogen and oxygen atoms in total. The first kappa shape index (κ1) is 13.9. The van der Waals surface area contributed by atoms with Gasteiger partial charge in [-0.2, -0.15) is 0 Å². The molecule has 0 saturated carbocycles. The lowest BCUT2D eigenvalue weighted by atomic mass is 9.85. The number of nitrogens with one attached hydrogen (secondary N) is 1. The molecule has 3 heteroatoms. The third-order valence-corrected chi connectivity index (χ3v) is 4.62. The van der Waals surface area contributed by atoms with Gasteiger partial charge in [-0.25, -0.2) is 0 Å². The van der Waals surface area contributed by atoms with Crippen LogP contribution in [0.25, 0.3) is 0 Å². The largest absolute Gasteiger partial charge is 0.369 e.